The number of aryl methyl sites for hydroxylation is 1. The van der Waals surface area contributed by atoms with Crippen LogP contribution in [-0.4, -0.2) is 39.2 Å². The molecule has 6 nitrogen and oxygen atoms in total. The van der Waals surface area contributed by atoms with Crippen LogP contribution in [0.15, 0.2) is 65.2 Å². The number of halogens is 1. The number of hydrogen-bond acceptors (Lipinski definition) is 4. The number of oxazole rings is 1. The van der Waals surface area contributed by atoms with Crippen molar-refractivity contribution in [1.29, 1.82) is 0 Å². The molecule has 0 saturated carbocycles. The number of piperidine rings is 1. The predicted molar refractivity (Wildman–Crippen MR) is 123 cm³/mol. The van der Waals surface area contributed by atoms with E-state index >= 15 is 0 Å². The van der Waals surface area contributed by atoms with E-state index in [9.17, 15) is 9.59 Å². The Balaban J connectivity index is 1.26. The molecule has 32 heavy (non-hydrogen) atoms. The van der Waals surface area contributed by atoms with Gasteiger partial charge in [0.25, 0.3) is 11.8 Å². The van der Waals surface area contributed by atoms with Crippen molar-refractivity contribution >= 4 is 34.2 Å². The highest BCUT2D eigenvalue weighted by Crippen LogP contribution is 2.27. The van der Waals surface area contributed by atoms with Crippen LogP contribution in [0.25, 0.3) is 22.2 Å². The van der Waals surface area contributed by atoms with Crippen LogP contribution in [-0.2, 0) is 7.05 Å². The van der Waals surface area contributed by atoms with E-state index in [0.717, 1.165) is 16.5 Å². The third-order valence-corrected chi connectivity index (χ3v) is 6.39. The molecule has 2 aromatic carbocycles. The van der Waals surface area contributed by atoms with Gasteiger partial charge in [0.05, 0.1) is 6.20 Å². The van der Waals surface area contributed by atoms with Gasteiger partial charge in [-0.2, -0.15) is 0 Å². The lowest BCUT2D eigenvalue weighted by Crippen LogP contribution is -2.41. The number of nitrogens with zero attached hydrogens (tertiary/aromatic N) is 3. The number of hydrogen-bond donors (Lipinski definition) is 0. The van der Waals surface area contributed by atoms with Crippen LogP contribution >= 0.6 is 11.6 Å². The molecule has 0 aliphatic carbocycles. The van der Waals surface area contributed by atoms with Gasteiger partial charge >= 0.3 is 0 Å². The first-order valence-electron chi connectivity index (χ1n) is 10.6. The van der Waals surface area contributed by atoms with E-state index in [1.807, 2.05) is 71.1 Å². The highest BCUT2D eigenvalue weighted by molar-refractivity contribution is 6.31. The summed E-state index contributed by atoms with van der Waals surface area (Å²) < 4.78 is 7.62. The summed E-state index contributed by atoms with van der Waals surface area (Å²) in [6.07, 6.45) is 2.76. The van der Waals surface area contributed by atoms with Gasteiger partial charge in [-0.25, -0.2) is 4.98 Å². The molecular formula is C25H22ClN3O3. The lowest BCUT2D eigenvalue weighted by Gasteiger charge is -2.30. The Morgan fingerprint density at radius 2 is 1.81 bits per heavy atom. The lowest BCUT2D eigenvalue weighted by molar-refractivity contribution is 0.0634. The van der Waals surface area contributed by atoms with Crippen molar-refractivity contribution in [3.63, 3.8) is 0 Å². The van der Waals surface area contributed by atoms with E-state index in [0.29, 0.717) is 42.4 Å². The second-order valence-electron chi connectivity index (χ2n) is 8.12. The van der Waals surface area contributed by atoms with Gasteiger partial charge in [0.15, 0.2) is 5.76 Å². The van der Waals surface area contributed by atoms with Crippen LogP contribution in [0.4, 0.5) is 0 Å². The minimum absolute atomic E-state index is 0.0341. The highest BCUT2D eigenvalue weighted by Gasteiger charge is 2.31. The van der Waals surface area contributed by atoms with E-state index in [-0.39, 0.29) is 23.5 Å². The average Bonchev–Trinajstić information content (AvgIpc) is 3.44. The maximum Gasteiger partial charge on any atom is 0.270 e. The summed E-state index contributed by atoms with van der Waals surface area (Å²) in [5, 5.41) is 1.58. The zero-order chi connectivity index (χ0) is 22.2. The molecule has 0 N–H and O–H groups in total. The summed E-state index contributed by atoms with van der Waals surface area (Å²) >= 11 is 6.09. The maximum absolute atomic E-state index is 13.1. The molecule has 1 aliphatic rings. The summed E-state index contributed by atoms with van der Waals surface area (Å²) in [4.78, 5) is 32.1. The van der Waals surface area contributed by atoms with Crippen molar-refractivity contribution in [2.45, 2.75) is 12.8 Å². The van der Waals surface area contributed by atoms with Crippen molar-refractivity contribution in [2.75, 3.05) is 13.1 Å². The molecular weight excluding hydrogens is 426 g/mol. The zero-order valence-corrected chi connectivity index (χ0v) is 18.4. The molecule has 162 valence electrons. The molecule has 3 heterocycles. The number of Topliss-reactive ketones (excluding diaryl/α,β-unsaturated/α-hetero) is 1. The number of benzene rings is 2. The van der Waals surface area contributed by atoms with Gasteiger partial charge in [-0.3, -0.25) is 9.59 Å². The number of likely N-dealkylation sites (tertiary alicyclic amines) is 1. The van der Waals surface area contributed by atoms with E-state index in [2.05, 4.69) is 4.98 Å². The lowest BCUT2D eigenvalue weighted by atomic mass is 9.92. The number of fused-ring (bicyclic) bond motifs is 1. The first-order valence-corrected chi connectivity index (χ1v) is 11.0. The fourth-order valence-corrected chi connectivity index (χ4v) is 4.51. The predicted octanol–water partition coefficient (Wildman–Crippen LogP) is 5.22. The van der Waals surface area contributed by atoms with Crippen LogP contribution in [0.3, 0.4) is 0 Å². The largest absolute Gasteiger partial charge is 0.434 e. The molecule has 5 rings (SSSR count). The minimum atomic E-state index is -0.201. The molecule has 4 aromatic rings. The summed E-state index contributed by atoms with van der Waals surface area (Å²) in [7, 11) is 1.88. The SMILES string of the molecule is Cn1c(C(=O)N2CCC(C(=O)c3ncc(-c4ccccc4)o3)CC2)cc2cc(Cl)ccc21. The topological polar surface area (TPSA) is 68.3 Å². The first-order chi connectivity index (χ1) is 15.5. The fraction of sp³-hybridized carbons (Fsp3) is 0.240. The monoisotopic (exact) mass is 447 g/mol. The zero-order valence-electron chi connectivity index (χ0n) is 17.6. The third-order valence-electron chi connectivity index (χ3n) is 6.15. The highest BCUT2D eigenvalue weighted by atomic mass is 35.5. The molecule has 7 heteroatoms. The number of aromatic nitrogens is 2. The van der Waals surface area contributed by atoms with Crippen LogP contribution in [0.5, 0.6) is 0 Å². The number of carbonyl (C=O) groups is 2. The normalized spacial score (nSPS) is 14.8. The van der Waals surface area contributed by atoms with Crippen molar-refractivity contribution in [3.05, 3.63) is 77.4 Å². The van der Waals surface area contributed by atoms with Gasteiger partial charge < -0.3 is 13.9 Å². The second-order valence-corrected chi connectivity index (χ2v) is 8.55. The third kappa shape index (κ3) is 3.71. The Kier molecular flexibility index (Phi) is 5.31. The molecule has 2 aromatic heterocycles. The molecule has 1 saturated heterocycles. The summed E-state index contributed by atoms with van der Waals surface area (Å²) in [5.74, 6) is 0.385. The van der Waals surface area contributed by atoms with Gasteiger partial charge in [-0.15, -0.1) is 0 Å². The Labute approximate surface area is 190 Å². The fourth-order valence-electron chi connectivity index (χ4n) is 4.33. The van der Waals surface area contributed by atoms with Gasteiger partial charge in [0, 0.05) is 47.5 Å². The standard InChI is InChI=1S/C25H22ClN3O3/c1-28-20-8-7-19(26)13-18(20)14-21(28)25(31)29-11-9-17(10-12-29)23(30)24-27-15-22(32-24)16-5-3-2-4-6-16/h2-8,13-15,17H,9-12H2,1H3. The van der Waals surface area contributed by atoms with Crippen LogP contribution in [0, 0.1) is 5.92 Å². The molecule has 0 spiro atoms. The number of carbonyl (C=O) groups excluding carboxylic acids is 2. The molecule has 1 aliphatic heterocycles. The number of rotatable bonds is 4. The molecule has 0 bridgehead atoms. The van der Waals surface area contributed by atoms with Crippen LogP contribution in [0.2, 0.25) is 5.02 Å². The van der Waals surface area contributed by atoms with E-state index < -0.39 is 0 Å². The molecule has 0 unspecified atom stereocenters. The van der Waals surface area contributed by atoms with Crippen LogP contribution in [0.1, 0.15) is 34.0 Å². The van der Waals surface area contributed by atoms with Crippen LogP contribution < -0.4 is 0 Å². The Morgan fingerprint density at radius 1 is 1.06 bits per heavy atom. The van der Waals surface area contributed by atoms with Gasteiger partial charge in [-0.05, 0) is 37.1 Å². The summed E-state index contributed by atoms with van der Waals surface area (Å²) in [6, 6.07) is 17.1. The quantitative estimate of drug-likeness (QED) is 0.402. The number of amides is 1. The van der Waals surface area contributed by atoms with Gasteiger partial charge in [-0.1, -0.05) is 41.9 Å². The average molecular weight is 448 g/mol. The van der Waals surface area contributed by atoms with Crippen molar-refractivity contribution in [1.82, 2.24) is 14.5 Å². The van der Waals surface area contributed by atoms with E-state index in [1.54, 1.807) is 6.20 Å². The maximum atomic E-state index is 13.1. The van der Waals surface area contributed by atoms with Crippen molar-refractivity contribution in [3.8, 4) is 11.3 Å². The molecule has 0 radical (unpaired) electrons. The van der Waals surface area contributed by atoms with Crippen molar-refractivity contribution < 1.29 is 14.0 Å². The van der Waals surface area contributed by atoms with Gasteiger partial charge in [0.1, 0.15) is 5.69 Å². The van der Waals surface area contributed by atoms with E-state index in [1.165, 1.54) is 0 Å². The Morgan fingerprint density at radius 3 is 2.56 bits per heavy atom. The molecule has 0 atom stereocenters. The van der Waals surface area contributed by atoms with E-state index in [4.69, 9.17) is 16.0 Å². The Bertz CT molecular complexity index is 1300. The van der Waals surface area contributed by atoms with Gasteiger partial charge in [0.2, 0.25) is 5.78 Å². The molecule has 1 fully saturated rings. The minimum Gasteiger partial charge on any atom is -0.434 e. The molecule has 1 amide bonds. The summed E-state index contributed by atoms with van der Waals surface area (Å²) in [6.45, 7) is 1.04. The van der Waals surface area contributed by atoms with Crippen molar-refractivity contribution in [2.24, 2.45) is 13.0 Å². The second kappa shape index (κ2) is 8.28. The summed E-state index contributed by atoms with van der Waals surface area (Å²) in [5.41, 5.74) is 2.46. The number of ketones is 1. The smallest absolute Gasteiger partial charge is 0.270 e. The Hall–Kier alpha value is -3.38. The first kappa shape index (κ1) is 20.5.